The van der Waals surface area contributed by atoms with Gasteiger partial charge in [-0.15, -0.1) is 5.06 Å². The number of nitrogens with two attached hydrogens (primary N) is 1. The van der Waals surface area contributed by atoms with Crippen LogP contribution in [-0.4, -0.2) is 56.3 Å². The van der Waals surface area contributed by atoms with Crippen molar-refractivity contribution in [1.82, 2.24) is 10.4 Å². The number of carbonyl (C=O) groups excluding carboxylic acids is 2. The molecule has 1 rings (SSSR count). The Morgan fingerprint density at radius 3 is 2.35 bits per heavy atom. The minimum atomic E-state index is -0.233. The fraction of sp³-hybridized carbons (Fsp3) is 0.846. The molecule has 0 aromatic heterocycles. The SMILES string of the molecule is NCCCOC(=O)CCCCC(=O)ON1CCNCC1. The Morgan fingerprint density at radius 2 is 1.70 bits per heavy atom. The van der Waals surface area contributed by atoms with Crippen LogP contribution in [0.4, 0.5) is 0 Å². The summed E-state index contributed by atoms with van der Waals surface area (Å²) in [7, 11) is 0. The van der Waals surface area contributed by atoms with Crippen LogP contribution in [0.15, 0.2) is 0 Å². The van der Waals surface area contributed by atoms with Gasteiger partial charge >= 0.3 is 11.9 Å². The van der Waals surface area contributed by atoms with E-state index in [1.54, 1.807) is 5.06 Å². The van der Waals surface area contributed by atoms with Crippen molar-refractivity contribution in [3.05, 3.63) is 0 Å². The molecular weight excluding hydrogens is 262 g/mol. The van der Waals surface area contributed by atoms with Gasteiger partial charge in [0.05, 0.1) is 6.61 Å². The van der Waals surface area contributed by atoms with Gasteiger partial charge < -0.3 is 20.6 Å². The molecule has 0 spiro atoms. The standard InChI is InChI=1S/C13H25N3O4/c14-6-3-11-19-12(17)4-1-2-5-13(18)20-16-9-7-15-8-10-16/h15H,1-11,14H2. The molecule has 0 aliphatic carbocycles. The summed E-state index contributed by atoms with van der Waals surface area (Å²) in [6.07, 6.45) is 2.63. The van der Waals surface area contributed by atoms with Crippen molar-refractivity contribution in [2.75, 3.05) is 39.3 Å². The van der Waals surface area contributed by atoms with Crippen LogP contribution in [0, 0.1) is 0 Å². The third kappa shape index (κ3) is 8.08. The number of rotatable bonds is 9. The maximum atomic E-state index is 11.6. The van der Waals surface area contributed by atoms with Crippen LogP contribution in [0.25, 0.3) is 0 Å². The molecule has 0 unspecified atom stereocenters. The van der Waals surface area contributed by atoms with Gasteiger partial charge in [0, 0.05) is 39.0 Å². The Bertz CT molecular complexity index is 293. The molecule has 1 aliphatic rings. The van der Waals surface area contributed by atoms with Crippen molar-refractivity contribution in [1.29, 1.82) is 0 Å². The first-order chi connectivity index (χ1) is 9.72. The highest BCUT2D eigenvalue weighted by atomic mass is 16.7. The van der Waals surface area contributed by atoms with Crippen LogP contribution in [0.1, 0.15) is 32.1 Å². The average Bonchev–Trinajstić information content (AvgIpc) is 2.45. The van der Waals surface area contributed by atoms with E-state index in [2.05, 4.69) is 5.32 Å². The Labute approximate surface area is 119 Å². The number of piperazine rings is 1. The number of nitrogens with one attached hydrogen (secondary N) is 1. The van der Waals surface area contributed by atoms with Crippen LogP contribution in [-0.2, 0) is 19.2 Å². The quantitative estimate of drug-likeness (QED) is 0.448. The molecule has 20 heavy (non-hydrogen) atoms. The molecule has 7 heteroatoms. The van der Waals surface area contributed by atoms with E-state index in [9.17, 15) is 9.59 Å². The number of nitrogens with zero attached hydrogens (tertiary/aromatic N) is 1. The molecule has 0 aromatic rings. The summed E-state index contributed by atoms with van der Waals surface area (Å²) in [6.45, 7) is 4.01. The number of hydrogen-bond acceptors (Lipinski definition) is 7. The van der Waals surface area contributed by atoms with Gasteiger partial charge in [0.1, 0.15) is 0 Å². The number of esters is 1. The monoisotopic (exact) mass is 287 g/mol. The van der Waals surface area contributed by atoms with Crippen molar-refractivity contribution in [3.8, 4) is 0 Å². The van der Waals surface area contributed by atoms with Gasteiger partial charge in [-0.3, -0.25) is 9.59 Å². The molecule has 116 valence electrons. The van der Waals surface area contributed by atoms with E-state index in [1.807, 2.05) is 0 Å². The zero-order chi connectivity index (χ0) is 14.6. The fourth-order valence-electron chi connectivity index (χ4n) is 1.81. The summed E-state index contributed by atoms with van der Waals surface area (Å²) in [5, 5.41) is 4.86. The molecule has 0 atom stereocenters. The van der Waals surface area contributed by atoms with Gasteiger partial charge in [-0.2, -0.15) is 0 Å². The van der Waals surface area contributed by atoms with Crippen LogP contribution in [0.2, 0.25) is 0 Å². The molecule has 7 nitrogen and oxygen atoms in total. The van der Waals surface area contributed by atoms with Gasteiger partial charge in [0.15, 0.2) is 0 Å². The van der Waals surface area contributed by atoms with Crippen LogP contribution in [0.3, 0.4) is 0 Å². The highest BCUT2D eigenvalue weighted by molar-refractivity contribution is 5.70. The molecule has 0 radical (unpaired) electrons. The summed E-state index contributed by atoms with van der Waals surface area (Å²) in [4.78, 5) is 28.0. The van der Waals surface area contributed by atoms with Crippen molar-refractivity contribution in [2.24, 2.45) is 5.73 Å². The van der Waals surface area contributed by atoms with E-state index in [-0.39, 0.29) is 11.9 Å². The van der Waals surface area contributed by atoms with Crippen LogP contribution in [0.5, 0.6) is 0 Å². The fourth-order valence-corrected chi connectivity index (χ4v) is 1.81. The number of carbonyl (C=O) groups is 2. The normalized spacial score (nSPS) is 15.8. The van der Waals surface area contributed by atoms with E-state index < -0.39 is 0 Å². The molecule has 1 aliphatic heterocycles. The average molecular weight is 287 g/mol. The van der Waals surface area contributed by atoms with E-state index in [0.717, 1.165) is 26.2 Å². The zero-order valence-corrected chi connectivity index (χ0v) is 11.9. The van der Waals surface area contributed by atoms with E-state index >= 15 is 0 Å². The number of unbranched alkanes of at least 4 members (excludes halogenated alkanes) is 1. The zero-order valence-electron chi connectivity index (χ0n) is 11.9. The summed E-state index contributed by atoms with van der Waals surface area (Å²) < 4.78 is 4.96. The van der Waals surface area contributed by atoms with E-state index in [1.165, 1.54) is 0 Å². The van der Waals surface area contributed by atoms with Crippen molar-refractivity contribution >= 4 is 11.9 Å². The van der Waals surface area contributed by atoms with Crippen molar-refractivity contribution in [3.63, 3.8) is 0 Å². The van der Waals surface area contributed by atoms with Gasteiger partial charge in [-0.1, -0.05) is 0 Å². The summed E-state index contributed by atoms with van der Waals surface area (Å²) >= 11 is 0. The Morgan fingerprint density at radius 1 is 1.05 bits per heavy atom. The Kier molecular flexibility index (Phi) is 8.93. The first kappa shape index (κ1) is 16.9. The molecule has 3 N–H and O–H groups in total. The lowest BCUT2D eigenvalue weighted by Gasteiger charge is -2.25. The van der Waals surface area contributed by atoms with Crippen molar-refractivity contribution in [2.45, 2.75) is 32.1 Å². The maximum Gasteiger partial charge on any atom is 0.325 e. The number of hydrogen-bond donors (Lipinski definition) is 2. The molecule has 0 amide bonds. The largest absolute Gasteiger partial charge is 0.466 e. The first-order valence-electron chi connectivity index (χ1n) is 7.24. The van der Waals surface area contributed by atoms with Gasteiger partial charge in [0.25, 0.3) is 0 Å². The maximum absolute atomic E-state index is 11.6. The topological polar surface area (TPSA) is 93.9 Å². The van der Waals surface area contributed by atoms with Gasteiger partial charge in [-0.25, -0.2) is 0 Å². The third-order valence-corrected chi connectivity index (χ3v) is 2.93. The lowest BCUT2D eigenvalue weighted by Crippen LogP contribution is -2.44. The van der Waals surface area contributed by atoms with Gasteiger partial charge in [0.2, 0.25) is 0 Å². The second-order valence-electron chi connectivity index (χ2n) is 4.71. The Balaban J connectivity index is 1.97. The minimum Gasteiger partial charge on any atom is -0.466 e. The third-order valence-electron chi connectivity index (χ3n) is 2.93. The smallest absolute Gasteiger partial charge is 0.325 e. The summed E-state index contributed by atoms with van der Waals surface area (Å²) in [5.41, 5.74) is 5.30. The first-order valence-corrected chi connectivity index (χ1v) is 7.24. The molecular formula is C13H25N3O4. The molecule has 0 aromatic carbocycles. The van der Waals surface area contributed by atoms with Crippen LogP contribution >= 0.6 is 0 Å². The lowest BCUT2D eigenvalue weighted by molar-refractivity contribution is -0.193. The van der Waals surface area contributed by atoms with E-state index in [0.29, 0.717) is 45.3 Å². The van der Waals surface area contributed by atoms with Crippen LogP contribution < -0.4 is 11.1 Å². The van der Waals surface area contributed by atoms with Gasteiger partial charge in [-0.05, 0) is 25.8 Å². The molecule has 1 fully saturated rings. The molecule has 1 saturated heterocycles. The highest BCUT2D eigenvalue weighted by Crippen LogP contribution is 2.05. The lowest BCUT2D eigenvalue weighted by atomic mass is 10.2. The highest BCUT2D eigenvalue weighted by Gasteiger charge is 2.14. The Hall–Kier alpha value is -1.18. The number of ether oxygens (including phenoxy) is 1. The molecule has 1 heterocycles. The molecule has 0 saturated carbocycles. The summed E-state index contributed by atoms with van der Waals surface area (Å²) in [5.74, 6) is -0.461. The van der Waals surface area contributed by atoms with E-state index in [4.69, 9.17) is 15.3 Å². The van der Waals surface area contributed by atoms with Crippen molar-refractivity contribution < 1.29 is 19.2 Å². The second kappa shape index (κ2) is 10.6. The minimum absolute atomic E-state index is 0.228. The second-order valence-corrected chi connectivity index (χ2v) is 4.71. The number of hydroxylamine groups is 2. The predicted molar refractivity (Wildman–Crippen MR) is 73.6 cm³/mol. The predicted octanol–water partition coefficient (Wildman–Crippen LogP) is -0.198. The molecule has 0 bridgehead atoms. The summed E-state index contributed by atoms with van der Waals surface area (Å²) in [6, 6.07) is 0.